The summed E-state index contributed by atoms with van der Waals surface area (Å²) >= 11 is 0. The van der Waals surface area contributed by atoms with Crippen LogP contribution in [-0.2, 0) is 38.0 Å². The van der Waals surface area contributed by atoms with Gasteiger partial charge in [0.25, 0.3) is 0 Å². The molecule has 0 bridgehead atoms. The highest BCUT2D eigenvalue weighted by atomic mass is 16.8. The van der Waals surface area contributed by atoms with Gasteiger partial charge in [0.2, 0.25) is 5.91 Å². The van der Waals surface area contributed by atoms with Crippen molar-refractivity contribution in [2.24, 2.45) is 0 Å². The van der Waals surface area contributed by atoms with Crippen LogP contribution < -0.4 is 5.32 Å². The summed E-state index contributed by atoms with van der Waals surface area (Å²) in [5.74, 6) is -0.767. The lowest BCUT2D eigenvalue weighted by Gasteiger charge is -2.50. The van der Waals surface area contributed by atoms with Crippen LogP contribution in [0.4, 0.5) is 0 Å². The topological polar surface area (TPSA) is 357 Å². The molecule has 0 aromatic carbocycles. The van der Waals surface area contributed by atoms with Crippen molar-refractivity contribution >= 4 is 5.91 Å². The normalized spacial score (nSPS) is 50.2. The fourth-order valence-electron chi connectivity index (χ4n) is 5.92. The van der Waals surface area contributed by atoms with E-state index in [9.17, 15) is 71.2 Å². The van der Waals surface area contributed by atoms with Crippen molar-refractivity contribution in [2.45, 2.75) is 130 Å². The Hall–Kier alpha value is -1.33. The van der Waals surface area contributed by atoms with E-state index in [0.29, 0.717) is 0 Å². The van der Waals surface area contributed by atoms with Crippen molar-refractivity contribution in [1.29, 1.82) is 0 Å². The van der Waals surface area contributed by atoms with Gasteiger partial charge in [0.05, 0.1) is 26.4 Å². The maximum absolute atomic E-state index is 12.2. The van der Waals surface area contributed by atoms with Gasteiger partial charge in [0.1, 0.15) is 97.6 Å². The molecule has 0 aliphatic carbocycles. The van der Waals surface area contributed by atoms with Crippen LogP contribution in [0.3, 0.4) is 0 Å². The first-order valence-electron chi connectivity index (χ1n) is 15.1. The van der Waals surface area contributed by atoms with Gasteiger partial charge in [-0.3, -0.25) is 4.79 Å². The van der Waals surface area contributed by atoms with Crippen LogP contribution in [0.2, 0.25) is 0 Å². The fourth-order valence-corrected chi connectivity index (χ4v) is 5.92. The molecule has 22 heteroatoms. The second-order valence-corrected chi connectivity index (χ2v) is 11.9. The van der Waals surface area contributed by atoms with E-state index in [4.69, 9.17) is 33.2 Å². The van der Waals surface area contributed by atoms with Gasteiger partial charge in [-0.2, -0.15) is 0 Å². The molecule has 280 valence electrons. The van der Waals surface area contributed by atoms with Crippen LogP contribution in [-0.4, -0.2) is 221 Å². The minimum atomic E-state index is -2.00. The summed E-state index contributed by atoms with van der Waals surface area (Å²) in [6, 6.07) is -1.64. The average molecular weight is 708 g/mol. The molecule has 0 unspecified atom stereocenters. The quantitative estimate of drug-likeness (QED) is 0.0947. The van der Waals surface area contributed by atoms with Crippen LogP contribution in [0.25, 0.3) is 0 Å². The highest BCUT2D eigenvalue weighted by Gasteiger charge is 2.55. The van der Waals surface area contributed by atoms with Crippen molar-refractivity contribution < 1.29 is 104 Å². The van der Waals surface area contributed by atoms with Crippen molar-refractivity contribution in [3.63, 3.8) is 0 Å². The highest BCUT2D eigenvalue weighted by molar-refractivity contribution is 5.73. The maximum atomic E-state index is 12.2. The number of aliphatic hydroxyl groups is 13. The molecule has 20 atom stereocenters. The first kappa shape index (κ1) is 39.5. The molecule has 0 saturated carbocycles. The number of carbonyl (C=O) groups is 1. The Morgan fingerprint density at radius 2 is 0.979 bits per heavy atom. The van der Waals surface area contributed by atoms with E-state index in [1.165, 1.54) is 0 Å². The molecule has 48 heavy (non-hydrogen) atoms. The lowest BCUT2D eigenvalue weighted by atomic mass is 9.94. The molecule has 1 amide bonds. The van der Waals surface area contributed by atoms with Crippen LogP contribution in [0.15, 0.2) is 0 Å². The zero-order chi connectivity index (χ0) is 35.6. The Morgan fingerprint density at radius 1 is 0.500 bits per heavy atom. The second-order valence-electron chi connectivity index (χ2n) is 11.9. The number of hydrogen-bond acceptors (Lipinski definition) is 21. The summed E-state index contributed by atoms with van der Waals surface area (Å²) in [6.07, 6.45) is -33.8. The maximum Gasteiger partial charge on any atom is 0.217 e. The van der Waals surface area contributed by atoms with Crippen LogP contribution in [0.1, 0.15) is 6.92 Å². The molecule has 4 aliphatic heterocycles. The zero-order valence-electron chi connectivity index (χ0n) is 25.5. The molecule has 4 rings (SSSR count). The second kappa shape index (κ2) is 16.8. The van der Waals surface area contributed by atoms with Crippen molar-refractivity contribution in [2.75, 3.05) is 26.4 Å². The summed E-state index contributed by atoms with van der Waals surface area (Å²) in [6.45, 7) is -2.37. The average Bonchev–Trinajstić information content (AvgIpc) is 3.06. The lowest BCUT2D eigenvalue weighted by molar-refractivity contribution is -0.387. The smallest absolute Gasteiger partial charge is 0.217 e. The Bertz CT molecular complexity index is 1030. The summed E-state index contributed by atoms with van der Waals surface area (Å²) in [5.41, 5.74) is 0. The van der Waals surface area contributed by atoms with E-state index in [1.807, 2.05) is 0 Å². The van der Waals surface area contributed by atoms with Gasteiger partial charge in [-0.15, -0.1) is 0 Å². The van der Waals surface area contributed by atoms with Crippen LogP contribution in [0.5, 0.6) is 0 Å². The summed E-state index contributed by atoms with van der Waals surface area (Å²) < 4.78 is 38.7. The Kier molecular flexibility index (Phi) is 13.8. The number of carbonyl (C=O) groups excluding carboxylic acids is 1. The first-order valence-corrected chi connectivity index (χ1v) is 15.1. The minimum Gasteiger partial charge on any atom is -0.394 e. The predicted octanol–water partition coefficient (Wildman–Crippen LogP) is -9.61. The standard InChI is InChI=1S/C26H45NO21/c1-6(32)27-11-15(36)20(46-25-18(39)16(37)12(33)7(2-28)43-25)10(5-31)45-24(11)48-22-17(38)13(34)8(3-29)44-26(22)47-21-14(35)9(4-30)42-23(41)19(21)40/h7-26,28-31,33-41H,2-5H2,1H3,(H,27,32)/t7-,8-,9-,10-,11-,12+,13-,14-,15-,16+,17+,18-,19+,20-,21+,22+,23-,24+,25+,26-/m1/s1. The largest absolute Gasteiger partial charge is 0.394 e. The number of nitrogens with one attached hydrogen (secondary N) is 1. The lowest BCUT2D eigenvalue weighted by Crippen LogP contribution is -2.70. The van der Waals surface area contributed by atoms with Crippen molar-refractivity contribution in [3.8, 4) is 0 Å². The Balaban J connectivity index is 1.60. The molecule has 4 aliphatic rings. The Morgan fingerprint density at radius 3 is 1.54 bits per heavy atom. The number of amides is 1. The summed E-state index contributed by atoms with van der Waals surface area (Å²) in [5, 5.41) is 136. The van der Waals surface area contributed by atoms with E-state index < -0.39 is 155 Å². The monoisotopic (exact) mass is 707 g/mol. The fraction of sp³-hybridized carbons (Fsp3) is 0.962. The molecule has 4 saturated heterocycles. The number of hydrogen-bond donors (Lipinski definition) is 14. The third-order valence-corrected chi connectivity index (χ3v) is 8.61. The summed E-state index contributed by atoms with van der Waals surface area (Å²) in [4.78, 5) is 12.2. The third kappa shape index (κ3) is 8.08. The molecule has 0 aromatic rings. The molecule has 14 N–H and O–H groups in total. The molecule has 4 fully saturated rings. The third-order valence-electron chi connectivity index (χ3n) is 8.61. The SMILES string of the molecule is CC(=O)N[C@H]1[C@H](O[C@@H]2[C@@H](O[C@@H]3[C@H](O)[C@H](O)O[C@H](CO)[C@H]3O)O[C@H](CO)[C@@H](O)[C@@H]2O)O[C@H](CO)[C@@H](O[C@@H]2O[C@H](CO)[C@H](O)[C@H](O)[C@H]2O)[C@@H]1O. The van der Waals surface area contributed by atoms with Crippen molar-refractivity contribution in [1.82, 2.24) is 5.32 Å². The van der Waals surface area contributed by atoms with E-state index in [-0.39, 0.29) is 0 Å². The molecule has 0 radical (unpaired) electrons. The number of ether oxygens (including phenoxy) is 7. The van der Waals surface area contributed by atoms with Gasteiger partial charge in [-0.25, -0.2) is 0 Å². The van der Waals surface area contributed by atoms with Gasteiger partial charge in [0, 0.05) is 6.92 Å². The highest BCUT2D eigenvalue weighted by Crippen LogP contribution is 2.34. The first-order chi connectivity index (χ1) is 22.7. The number of aliphatic hydroxyl groups excluding tert-OH is 13. The van der Waals surface area contributed by atoms with Gasteiger partial charge >= 0.3 is 0 Å². The molecular formula is C26H45NO21. The molecule has 22 nitrogen and oxygen atoms in total. The van der Waals surface area contributed by atoms with Gasteiger partial charge in [-0.05, 0) is 0 Å². The van der Waals surface area contributed by atoms with Crippen molar-refractivity contribution in [3.05, 3.63) is 0 Å². The molecule has 0 spiro atoms. The molecule has 4 heterocycles. The molecular weight excluding hydrogens is 662 g/mol. The van der Waals surface area contributed by atoms with E-state index in [2.05, 4.69) is 5.32 Å². The zero-order valence-corrected chi connectivity index (χ0v) is 25.5. The minimum absolute atomic E-state index is 0.767. The van der Waals surface area contributed by atoms with Crippen LogP contribution >= 0.6 is 0 Å². The van der Waals surface area contributed by atoms with Gasteiger partial charge < -0.3 is 105 Å². The van der Waals surface area contributed by atoms with Gasteiger partial charge in [-0.1, -0.05) is 0 Å². The van der Waals surface area contributed by atoms with Gasteiger partial charge in [0.15, 0.2) is 25.2 Å². The van der Waals surface area contributed by atoms with Crippen LogP contribution in [0, 0.1) is 0 Å². The predicted molar refractivity (Wildman–Crippen MR) is 145 cm³/mol. The van der Waals surface area contributed by atoms with E-state index in [0.717, 1.165) is 6.92 Å². The van der Waals surface area contributed by atoms with E-state index >= 15 is 0 Å². The van der Waals surface area contributed by atoms with E-state index in [1.54, 1.807) is 0 Å². The Labute approximate surface area is 272 Å². The number of rotatable bonds is 11. The molecule has 0 aromatic heterocycles. The summed E-state index contributed by atoms with van der Waals surface area (Å²) in [7, 11) is 0.